The quantitative estimate of drug-likeness (QED) is 0.833. The molecule has 1 unspecified atom stereocenters. The average Bonchev–Trinajstić information content (AvgIpc) is 2.41. The molecule has 0 heterocycles. The molecular formula is C16H25FN2O. The first kappa shape index (κ1) is 16.6. The van der Waals surface area contributed by atoms with E-state index < -0.39 is 0 Å². The molecule has 0 fully saturated rings. The van der Waals surface area contributed by atoms with E-state index in [1.54, 1.807) is 19.2 Å². The molecule has 0 bridgehead atoms. The highest BCUT2D eigenvalue weighted by Gasteiger charge is 2.17. The van der Waals surface area contributed by atoms with Crippen molar-refractivity contribution in [3.05, 3.63) is 30.1 Å². The molecule has 112 valence electrons. The van der Waals surface area contributed by atoms with Gasteiger partial charge in [-0.25, -0.2) is 4.39 Å². The number of nitrogens with zero attached hydrogens (tertiary/aromatic N) is 1. The normalized spacial score (nSPS) is 12.5. The van der Waals surface area contributed by atoms with Crippen LogP contribution in [0.25, 0.3) is 0 Å². The van der Waals surface area contributed by atoms with Crippen LogP contribution in [-0.2, 0) is 4.79 Å². The number of rotatable bonds is 7. The average molecular weight is 280 g/mol. The Kier molecular flexibility index (Phi) is 6.65. The summed E-state index contributed by atoms with van der Waals surface area (Å²) in [6.45, 7) is 4.96. The van der Waals surface area contributed by atoms with E-state index >= 15 is 0 Å². The summed E-state index contributed by atoms with van der Waals surface area (Å²) in [7, 11) is 1.68. The Morgan fingerprint density at radius 1 is 1.35 bits per heavy atom. The fourth-order valence-corrected chi connectivity index (χ4v) is 2.33. The second-order valence-electron chi connectivity index (χ2n) is 5.55. The number of carbonyl (C=O) groups is 1. The van der Waals surface area contributed by atoms with Gasteiger partial charge in [-0.3, -0.25) is 4.79 Å². The lowest BCUT2D eigenvalue weighted by atomic mass is 9.88. The van der Waals surface area contributed by atoms with Gasteiger partial charge >= 0.3 is 0 Å². The predicted octanol–water partition coefficient (Wildman–Crippen LogP) is 3.19. The molecule has 0 aliphatic rings. The Morgan fingerprint density at radius 3 is 2.60 bits per heavy atom. The van der Waals surface area contributed by atoms with E-state index in [9.17, 15) is 9.18 Å². The molecule has 1 aromatic carbocycles. The molecule has 20 heavy (non-hydrogen) atoms. The molecule has 0 aromatic heterocycles. The van der Waals surface area contributed by atoms with Crippen LogP contribution < -0.4 is 10.6 Å². The van der Waals surface area contributed by atoms with E-state index in [-0.39, 0.29) is 11.7 Å². The topological polar surface area (TPSA) is 46.3 Å². The predicted molar refractivity (Wildman–Crippen MR) is 81.0 cm³/mol. The zero-order chi connectivity index (χ0) is 15.1. The van der Waals surface area contributed by atoms with Crippen molar-refractivity contribution in [1.29, 1.82) is 0 Å². The lowest BCUT2D eigenvalue weighted by Gasteiger charge is -2.22. The van der Waals surface area contributed by atoms with Crippen molar-refractivity contribution in [2.24, 2.45) is 17.6 Å². The van der Waals surface area contributed by atoms with Crippen molar-refractivity contribution in [3.8, 4) is 0 Å². The Bertz CT molecular complexity index is 434. The van der Waals surface area contributed by atoms with E-state index in [1.165, 1.54) is 17.0 Å². The SMILES string of the molecule is CC(C)C(CCN)CCC(=O)N(C)c1cccc(F)c1. The lowest BCUT2D eigenvalue weighted by molar-refractivity contribution is -0.118. The number of nitrogens with two attached hydrogens (primary N) is 1. The van der Waals surface area contributed by atoms with Gasteiger partial charge in [-0.2, -0.15) is 0 Å². The Morgan fingerprint density at radius 2 is 2.05 bits per heavy atom. The van der Waals surface area contributed by atoms with Crippen LogP contribution in [0.3, 0.4) is 0 Å². The summed E-state index contributed by atoms with van der Waals surface area (Å²) in [6, 6.07) is 6.09. The summed E-state index contributed by atoms with van der Waals surface area (Å²) in [5.41, 5.74) is 6.20. The number of hydrogen-bond donors (Lipinski definition) is 1. The highest BCUT2D eigenvalue weighted by molar-refractivity contribution is 5.92. The van der Waals surface area contributed by atoms with Crippen LogP contribution in [0, 0.1) is 17.7 Å². The zero-order valence-electron chi connectivity index (χ0n) is 12.6. The van der Waals surface area contributed by atoms with Crippen LogP contribution in [0.4, 0.5) is 10.1 Å². The molecule has 0 aliphatic heterocycles. The molecule has 1 amide bonds. The smallest absolute Gasteiger partial charge is 0.226 e. The molecule has 0 aliphatic carbocycles. The highest BCUT2D eigenvalue weighted by Crippen LogP contribution is 2.22. The van der Waals surface area contributed by atoms with Gasteiger partial charge in [0.2, 0.25) is 5.91 Å². The molecule has 1 atom stereocenters. The summed E-state index contributed by atoms with van der Waals surface area (Å²) in [4.78, 5) is 13.7. The third-order valence-corrected chi connectivity index (χ3v) is 3.78. The largest absolute Gasteiger partial charge is 0.330 e. The van der Waals surface area contributed by atoms with Crippen LogP contribution >= 0.6 is 0 Å². The maximum atomic E-state index is 13.2. The summed E-state index contributed by atoms with van der Waals surface area (Å²) in [5, 5.41) is 0. The minimum absolute atomic E-state index is 0.0123. The van der Waals surface area contributed by atoms with Gasteiger partial charge in [0.25, 0.3) is 0 Å². The van der Waals surface area contributed by atoms with Crippen LogP contribution in [0.2, 0.25) is 0 Å². The van der Waals surface area contributed by atoms with Gasteiger partial charge in [-0.15, -0.1) is 0 Å². The van der Waals surface area contributed by atoms with Crippen LogP contribution in [-0.4, -0.2) is 19.5 Å². The highest BCUT2D eigenvalue weighted by atomic mass is 19.1. The van der Waals surface area contributed by atoms with Crippen LogP contribution in [0.15, 0.2) is 24.3 Å². The van der Waals surface area contributed by atoms with E-state index in [1.807, 2.05) is 0 Å². The zero-order valence-corrected chi connectivity index (χ0v) is 12.6. The molecule has 3 nitrogen and oxygen atoms in total. The molecule has 0 saturated carbocycles. The van der Waals surface area contributed by atoms with Crippen molar-refractivity contribution in [2.45, 2.75) is 33.1 Å². The van der Waals surface area contributed by atoms with E-state index in [0.29, 0.717) is 30.5 Å². The molecule has 0 spiro atoms. The van der Waals surface area contributed by atoms with E-state index in [4.69, 9.17) is 5.73 Å². The second-order valence-corrected chi connectivity index (χ2v) is 5.55. The molecule has 4 heteroatoms. The van der Waals surface area contributed by atoms with Gasteiger partial charge in [-0.1, -0.05) is 19.9 Å². The number of amides is 1. The number of hydrogen-bond acceptors (Lipinski definition) is 2. The Labute approximate surface area is 121 Å². The van der Waals surface area contributed by atoms with Crippen molar-refractivity contribution in [3.63, 3.8) is 0 Å². The molecule has 1 rings (SSSR count). The lowest BCUT2D eigenvalue weighted by Crippen LogP contribution is -2.27. The Balaban J connectivity index is 2.57. The second kappa shape index (κ2) is 8.00. The number of halogens is 1. The fraction of sp³-hybridized carbons (Fsp3) is 0.562. The third-order valence-electron chi connectivity index (χ3n) is 3.78. The van der Waals surface area contributed by atoms with Crippen molar-refractivity contribution < 1.29 is 9.18 Å². The van der Waals surface area contributed by atoms with Gasteiger partial charge in [-0.05, 0) is 49.4 Å². The standard InChI is InChI=1S/C16H25FN2O/c1-12(2)13(9-10-18)7-8-16(20)19(3)15-6-4-5-14(17)11-15/h4-6,11-13H,7-10,18H2,1-3H3. The van der Waals surface area contributed by atoms with Crippen molar-refractivity contribution in [2.75, 3.05) is 18.5 Å². The summed E-state index contributed by atoms with van der Waals surface area (Å²) in [6.07, 6.45) is 2.23. The first-order valence-electron chi connectivity index (χ1n) is 7.18. The minimum Gasteiger partial charge on any atom is -0.330 e. The first-order valence-corrected chi connectivity index (χ1v) is 7.18. The summed E-state index contributed by atoms with van der Waals surface area (Å²) < 4.78 is 13.2. The third kappa shape index (κ3) is 4.93. The van der Waals surface area contributed by atoms with Crippen LogP contribution in [0.1, 0.15) is 33.1 Å². The van der Waals surface area contributed by atoms with E-state index in [0.717, 1.165) is 12.8 Å². The van der Waals surface area contributed by atoms with Crippen LogP contribution in [0.5, 0.6) is 0 Å². The molecule has 1 aromatic rings. The number of carbonyl (C=O) groups excluding carboxylic acids is 1. The Hall–Kier alpha value is -1.42. The maximum Gasteiger partial charge on any atom is 0.226 e. The summed E-state index contributed by atoms with van der Waals surface area (Å²) >= 11 is 0. The maximum absolute atomic E-state index is 13.2. The van der Waals surface area contributed by atoms with Gasteiger partial charge in [0.15, 0.2) is 0 Å². The van der Waals surface area contributed by atoms with Gasteiger partial charge in [0.1, 0.15) is 5.82 Å². The molecule has 0 saturated heterocycles. The fourth-order valence-electron chi connectivity index (χ4n) is 2.33. The first-order chi connectivity index (χ1) is 9.45. The van der Waals surface area contributed by atoms with Crippen molar-refractivity contribution >= 4 is 11.6 Å². The monoisotopic (exact) mass is 280 g/mol. The van der Waals surface area contributed by atoms with Gasteiger partial charge < -0.3 is 10.6 Å². The van der Waals surface area contributed by atoms with E-state index in [2.05, 4.69) is 13.8 Å². The number of benzene rings is 1. The molecular weight excluding hydrogens is 255 g/mol. The molecule has 0 radical (unpaired) electrons. The number of anilines is 1. The summed E-state index contributed by atoms with van der Waals surface area (Å²) in [5.74, 6) is 0.666. The van der Waals surface area contributed by atoms with Gasteiger partial charge in [0.05, 0.1) is 0 Å². The van der Waals surface area contributed by atoms with Crippen molar-refractivity contribution in [1.82, 2.24) is 0 Å². The minimum atomic E-state index is -0.328. The van der Waals surface area contributed by atoms with Gasteiger partial charge in [0, 0.05) is 19.2 Å². The molecule has 2 N–H and O–H groups in total.